The number of esters is 1. The Bertz CT molecular complexity index is 611. The summed E-state index contributed by atoms with van der Waals surface area (Å²) in [6.45, 7) is 6.25. The zero-order valence-corrected chi connectivity index (χ0v) is 15.2. The van der Waals surface area contributed by atoms with Gasteiger partial charge in [-0.2, -0.15) is 0 Å². The van der Waals surface area contributed by atoms with Crippen molar-refractivity contribution in [2.75, 3.05) is 6.61 Å². The Morgan fingerprint density at radius 2 is 2.00 bits per heavy atom. The lowest BCUT2D eigenvalue weighted by Gasteiger charge is -2.30. The van der Waals surface area contributed by atoms with Crippen LogP contribution < -0.4 is 10.6 Å². The van der Waals surface area contributed by atoms with Crippen LogP contribution in [0.5, 0.6) is 0 Å². The van der Waals surface area contributed by atoms with Gasteiger partial charge < -0.3 is 15.4 Å². The van der Waals surface area contributed by atoms with Crippen LogP contribution >= 0.6 is 28.1 Å². The van der Waals surface area contributed by atoms with Crippen molar-refractivity contribution < 1.29 is 9.53 Å². The molecule has 1 aliphatic rings. The van der Waals surface area contributed by atoms with Crippen molar-refractivity contribution >= 4 is 39.2 Å². The van der Waals surface area contributed by atoms with Crippen LogP contribution in [0, 0.1) is 5.92 Å². The summed E-state index contributed by atoms with van der Waals surface area (Å²) >= 11 is 8.63. The highest BCUT2D eigenvalue weighted by Gasteiger charge is 2.30. The molecule has 1 unspecified atom stereocenters. The molecule has 0 spiro atoms. The van der Waals surface area contributed by atoms with E-state index < -0.39 is 0 Å². The molecule has 2 rings (SSSR count). The molecule has 0 fully saturated rings. The molecule has 1 aromatic rings. The van der Waals surface area contributed by atoms with Crippen molar-refractivity contribution in [2.24, 2.45) is 5.92 Å². The molecule has 1 heterocycles. The maximum atomic E-state index is 12.5. The SMILES string of the molecule is CC1=C(C(=O)OCC(C)C)C(c2ccc(Br)cc2)NC(=S)N1. The summed E-state index contributed by atoms with van der Waals surface area (Å²) in [4.78, 5) is 12.5. The van der Waals surface area contributed by atoms with Crippen LogP contribution in [0.3, 0.4) is 0 Å². The predicted octanol–water partition coefficient (Wildman–Crippen LogP) is 3.44. The van der Waals surface area contributed by atoms with Crippen molar-refractivity contribution in [1.29, 1.82) is 0 Å². The number of carbonyl (C=O) groups is 1. The van der Waals surface area contributed by atoms with E-state index in [1.54, 1.807) is 0 Å². The first-order chi connectivity index (χ1) is 10.4. The fraction of sp³-hybridized carbons (Fsp3) is 0.375. The highest BCUT2D eigenvalue weighted by atomic mass is 79.9. The van der Waals surface area contributed by atoms with Crippen LogP contribution in [0.25, 0.3) is 0 Å². The molecule has 22 heavy (non-hydrogen) atoms. The summed E-state index contributed by atoms with van der Waals surface area (Å²) in [6, 6.07) is 7.49. The molecule has 0 saturated heterocycles. The third-order valence-electron chi connectivity index (χ3n) is 3.24. The van der Waals surface area contributed by atoms with Crippen LogP contribution in [0.4, 0.5) is 0 Å². The number of hydrogen-bond acceptors (Lipinski definition) is 3. The van der Waals surface area contributed by atoms with E-state index in [4.69, 9.17) is 17.0 Å². The van der Waals surface area contributed by atoms with Crippen molar-refractivity contribution in [1.82, 2.24) is 10.6 Å². The Kier molecular flexibility index (Phi) is 5.58. The summed E-state index contributed by atoms with van der Waals surface area (Å²) in [6.07, 6.45) is 0. The Hall–Kier alpha value is -1.40. The molecule has 1 aliphatic heterocycles. The molecule has 0 aliphatic carbocycles. The van der Waals surface area contributed by atoms with Gasteiger partial charge in [-0.3, -0.25) is 0 Å². The number of benzene rings is 1. The van der Waals surface area contributed by atoms with Gasteiger partial charge in [0.2, 0.25) is 0 Å². The van der Waals surface area contributed by atoms with Gasteiger partial charge in [0.1, 0.15) is 0 Å². The monoisotopic (exact) mass is 382 g/mol. The quantitative estimate of drug-likeness (QED) is 0.616. The minimum absolute atomic E-state index is 0.293. The van der Waals surface area contributed by atoms with Crippen molar-refractivity contribution in [2.45, 2.75) is 26.8 Å². The van der Waals surface area contributed by atoms with E-state index >= 15 is 0 Å². The number of ether oxygens (including phenoxy) is 1. The standard InChI is InChI=1S/C16H19BrN2O2S/c1-9(2)8-21-15(20)13-10(3)18-16(22)19-14(13)11-4-6-12(17)7-5-11/h4-7,9,14H,8H2,1-3H3,(H2,18,19,22). The van der Waals surface area contributed by atoms with E-state index in [0.29, 0.717) is 23.2 Å². The summed E-state index contributed by atoms with van der Waals surface area (Å²) in [5.41, 5.74) is 2.25. The molecule has 0 radical (unpaired) electrons. The van der Waals surface area contributed by atoms with Gasteiger partial charge in [-0.05, 0) is 42.8 Å². The van der Waals surface area contributed by atoms with Crippen molar-refractivity contribution in [3.8, 4) is 0 Å². The van der Waals surface area contributed by atoms with Gasteiger partial charge in [0.05, 0.1) is 18.2 Å². The average Bonchev–Trinajstić information content (AvgIpc) is 2.44. The molecule has 0 amide bonds. The van der Waals surface area contributed by atoms with E-state index in [0.717, 1.165) is 15.7 Å². The molecule has 2 N–H and O–H groups in total. The van der Waals surface area contributed by atoms with Gasteiger partial charge in [0.15, 0.2) is 5.11 Å². The first kappa shape index (κ1) is 17.0. The van der Waals surface area contributed by atoms with Crippen LogP contribution in [0.1, 0.15) is 32.4 Å². The fourth-order valence-electron chi connectivity index (χ4n) is 2.19. The number of thiocarbonyl (C=S) groups is 1. The molecule has 0 saturated carbocycles. The van der Waals surface area contributed by atoms with E-state index in [-0.39, 0.29) is 12.0 Å². The van der Waals surface area contributed by atoms with Crippen LogP contribution in [0.15, 0.2) is 40.0 Å². The van der Waals surface area contributed by atoms with E-state index in [9.17, 15) is 4.79 Å². The molecular weight excluding hydrogens is 364 g/mol. The number of carbonyl (C=O) groups excluding carboxylic acids is 1. The van der Waals surface area contributed by atoms with Crippen LogP contribution in [0.2, 0.25) is 0 Å². The Labute approximate surface area is 144 Å². The highest BCUT2D eigenvalue weighted by Crippen LogP contribution is 2.28. The van der Waals surface area contributed by atoms with Gasteiger partial charge in [0, 0.05) is 10.2 Å². The first-order valence-corrected chi connectivity index (χ1v) is 8.29. The third-order valence-corrected chi connectivity index (χ3v) is 3.99. The minimum atomic E-state index is -0.318. The topological polar surface area (TPSA) is 50.4 Å². The maximum Gasteiger partial charge on any atom is 0.338 e. The Morgan fingerprint density at radius 3 is 2.59 bits per heavy atom. The maximum absolute atomic E-state index is 12.5. The summed E-state index contributed by atoms with van der Waals surface area (Å²) in [5, 5.41) is 6.65. The van der Waals surface area contributed by atoms with Gasteiger partial charge >= 0.3 is 5.97 Å². The minimum Gasteiger partial charge on any atom is -0.462 e. The molecule has 1 aromatic carbocycles. The van der Waals surface area contributed by atoms with Crippen LogP contribution in [-0.2, 0) is 9.53 Å². The Morgan fingerprint density at radius 1 is 1.36 bits per heavy atom. The molecule has 0 bridgehead atoms. The van der Waals surface area contributed by atoms with Crippen LogP contribution in [-0.4, -0.2) is 17.7 Å². The number of nitrogens with one attached hydrogen (secondary N) is 2. The molecule has 1 atom stereocenters. The number of hydrogen-bond donors (Lipinski definition) is 2. The molecule has 4 nitrogen and oxygen atoms in total. The van der Waals surface area contributed by atoms with E-state index in [1.807, 2.05) is 45.0 Å². The molecule has 118 valence electrons. The lowest BCUT2D eigenvalue weighted by Crippen LogP contribution is -2.45. The van der Waals surface area contributed by atoms with E-state index in [2.05, 4.69) is 26.6 Å². The third kappa shape index (κ3) is 4.08. The summed E-state index contributed by atoms with van der Waals surface area (Å²) in [7, 11) is 0. The normalized spacial score (nSPS) is 18.0. The molecular formula is C16H19BrN2O2S. The zero-order chi connectivity index (χ0) is 16.3. The van der Waals surface area contributed by atoms with Gasteiger partial charge in [-0.15, -0.1) is 0 Å². The smallest absolute Gasteiger partial charge is 0.338 e. The number of halogens is 1. The number of rotatable bonds is 4. The van der Waals surface area contributed by atoms with Gasteiger partial charge in [0.25, 0.3) is 0 Å². The number of allylic oxidation sites excluding steroid dienone is 1. The van der Waals surface area contributed by atoms with Crippen molar-refractivity contribution in [3.05, 3.63) is 45.6 Å². The van der Waals surface area contributed by atoms with Gasteiger partial charge in [-0.25, -0.2) is 4.79 Å². The highest BCUT2D eigenvalue weighted by molar-refractivity contribution is 9.10. The second kappa shape index (κ2) is 7.24. The lowest BCUT2D eigenvalue weighted by molar-refractivity contribution is -0.140. The largest absolute Gasteiger partial charge is 0.462 e. The average molecular weight is 383 g/mol. The fourth-order valence-corrected chi connectivity index (χ4v) is 2.73. The summed E-state index contributed by atoms with van der Waals surface area (Å²) in [5.74, 6) is -0.0248. The van der Waals surface area contributed by atoms with E-state index in [1.165, 1.54) is 0 Å². The summed E-state index contributed by atoms with van der Waals surface area (Å²) < 4.78 is 6.38. The second-order valence-electron chi connectivity index (χ2n) is 5.61. The van der Waals surface area contributed by atoms with Crippen molar-refractivity contribution in [3.63, 3.8) is 0 Å². The second-order valence-corrected chi connectivity index (χ2v) is 6.94. The van der Waals surface area contributed by atoms with Gasteiger partial charge in [-0.1, -0.05) is 41.9 Å². The molecule has 0 aromatic heterocycles. The zero-order valence-electron chi connectivity index (χ0n) is 12.8. The Balaban J connectivity index is 2.32. The first-order valence-electron chi connectivity index (χ1n) is 7.09. The molecule has 6 heteroatoms. The predicted molar refractivity (Wildman–Crippen MR) is 94.2 cm³/mol. The lowest BCUT2D eigenvalue weighted by atomic mass is 9.96.